The van der Waals surface area contributed by atoms with Gasteiger partial charge in [0.25, 0.3) is 0 Å². The van der Waals surface area contributed by atoms with Crippen LogP contribution in [0.1, 0.15) is 11.3 Å². The van der Waals surface area contributed by atoms with Crippen molar-refractivity contribution < 1.29 is 9.47 Å². The minimum atomic E-state index is 0.733. The zero-order valence-electron chi connectivity index (χ0n) is 11.4. The van der Waals surface area contributed by atoms with Crippen molar-refractivity contribution in [3.63, 3.8) is 0 Å². The van der Waals surface area contributed by atoms with Crippen molar-refractivity contribution in [2.24, 2.45) is 7.05 Å². The van der Waals surface area contributed by atoms with Gasteiger partial charge in [-0.15, -0.1) is 0 Å². The maximum Gasteiger partial charge on any atom is 0.161 e. The predicted molar refractivity (Wildman–Crippen MR) is 71.2 cm³/mol. The van der Waals surface area contributed by atoms with Crippen molar-refractivity contribution in [2.75, 3.05) is 14.2 Å². The summed E-state index contributed by atoms with van der Waals surface area (Å²) in [6.45, 7) is 4.04. The minimum absolute atomic E-state index is 0.733. The third kappa shape index (κ3) is 2.06. The number of ether oxygens (including phenoxy) is 2. The van der Waals surface area contributed by atoms with Gasteiger partial charge in [0, 0.05) is 12.6 Å². The highest BCUT2D eigenvalue weighted by Crippen LogP contribution is 2.35. The second-order valence-corrected chi connectivity index (χ2v) is 4.32. The van der Waals surface area contributed by atoms with E-state index in [0.29, 0.717) is 0 Å². The number of methoxy groups -OCH3 is 2. The Labute approximate surface area is 107 Å². The summed E-state index contributed by atoms with van der Waals surface area (Å²) in [5, 5.41) is 4.37. The van der Waals surface area contributed by atoms with Gasteiger partial charge in [-0.3, -0.25) is 4.68 Å². The summed E-state index contributed by atoms with van der Waals surface area (Å²) in [6.07, 6.45) is 0. The molecule has 0 radical (unpaired) electrons. The van der Waals surface area contributed by atoms with Crippen LogP contribution in [0.5, 0.6) is 11.5 Å². The largest absolute Gasteiger partial charge is 0.493 e. The topological polar surface area (TPSA) is 36.3 Å². The van der Waals surface area contributed by atoms with Crippen LogP contribution in [0.3, 0.4) is 0 Å². The maximum atomic E-state index is 5.35. The SMILES string of the molecule is COc1cc(C)c(-c2cc(C)nn2C)cc1OC. The molecule has 0 bridgehead atoms. The first-order chi connectivity index (χ1) is 8.56. The molecule has 0 saturated heterocycles. The molecule has 0 spiro atoms. The molecule has 2 aromatic rings. The smallest absolute Gasteiger partial charge is 0.161 e. The van der Waals surface area contributed by atoms with Crippen molar-refractivity contribution >= 4 is 0 Å². The van der Waals surface area contributed by atoms with E-state index in [-0.39, 0.29) is 0 Å². The van der Waals surface area contributed by atoms with Crippen LogP contribution in [0, 0.1) is 13.8 Å². The average molecular weight is 246 g/mol. The Kier molecular flexibility index (Phi) is 3.28. The van der Waals surface area contributed by atoms with Crippen molar-refractivity contribution in [1.29, 1.82) is 0 Å². The quantitative estimate of drug-likeness (QED) is 0.835. The Morgan fingerprint density at radius 2 is 1.61 bits per heavy atom. The molecule has 0 fully saturated rings. The van der Waals surface area contributed by atoms with Gasteiger partial charge < -0.3 is 9.47 Å². The zero-order valence-corrected chi connectivity index (χ0v) is 11.4. The van der Waals surface area contributed by atoms with Crippen LogP contribution in [0.2, 0.25) is 0 Å². The van der Waals surface area contributed by atoms with Crippen LogP contribution < -0.4 is 9.47 Å². The van der Waals surface area contributed by atoms with Gasteiger partial charge in [-0.2, -0.15) is 5.10 Å². The molecular weight excluding hydrogens is 228 g/mol. The van der Waals surface area contributed by atoms with Gasteiger partial charge in [0.2, 0.25) is 0 Å². The molecule has 0 unspecified atom stereocenters. The molecule has 18 heavy (non-hydrogen) atoms. The summed E-state index contributed by atoms with van der Waals surface area (Å²) >= 11 is 0. The molecule has 0 N–H and O–H groups in total. The van der Waals surface area contributed by atoms with Crippen LogP contribution in [0.4, 0.5) is 0 Å². The Morgan fingerprint density at radius 1 is 1.00 bits per heavy atom. The summed E-state index contributed by atoms with van der Waals surface area (Å²) in [5.41, 5.74) is 4.32. The van der Waals surface area contributed by atoms with Crippen LogP contribution in [0.15, 0.2) is 18.2 Å². The molecule has 1 aromatic heterocycles. The summed E-state index contributed by atoms with van der Waals surface area (Å²) in [5.74, 6) is 1.48. The summed E-state index contributed by atoms with van der Waals surface area (Å²) in [4.78, 5) is 0. The molecule has 96 valence electrons. The van der Waals surface area contributed by atoms with Crippen LogP contribution >= 0.6 is 0 Å². The Bertz CT molecular complexity index is 573. The van der Waals surface area contributed by atoms with E-state index >= 15 is 0 Å². The fourth-order valence-corrected chi connectivity index (χ4v) is 2.12. The second kappa shape index (κ2) is 4.72. The zero-order chi connectivity index (χ0) is 13.3. The average Bonchev–Trinajstić information content (AvgIpc) is 2.68. The molecule has 4 nitrogen and oxygen atoms in total. The molecule has 0 aliphatic heterocycles. The fourth-order valence-electron chi connectivity index (χ4n) is 2.12. The van der Waals surface area contributed by atoms with E-state index in [0.717, 1.165) is 34.0 Å². The Hall–Kier alpha value is -1.97. The van der Waals surface area contributed by atoms with E-state index in [1.165, 1.54) is 0 Å². The molecule has 1 aromatic carbocycles. The van der Waals surface area contributed by atoms with Crippen molar-refractivity contribution in [1.82, 2.24) is 9.78 Å². The minimum Gasteiger partial charge on any atom is -0.493 e. The number of aromatic nitrogens is 2. The molecule has 4 heteroatoms. The summed E-state index contributed by atoms with van der Waals surface area (Å²) in [7, 11) is 5.23. The Morgan fingerprint density at radius 3 is 2.11 bits per heavy atom. The molecule has 0 amide bonds. The number of hydrogen-bond acceptors (Lipinski definition) is 3. The van der Waals surface area contributed by atoms with Gasteiger partial charge in [0.1, 0.15) is 0 Å². The molecule has 0 saturated carbocycles. The first-order valence-corrected chi connectivity index (χ1v) is 5.80. The lowest BCUT2D eigenvalue weighted by Crippen LogP contribution is -1.97. The van der Waals surface area contributed by atoms with E-state index in [9.17, 15) is 0 Å². The highest BCUT2D eigenvalue weighted by Gasteiger charge is 2.13. The van der Waals surface area contributed by atoms with Crippen molar-refractivity contribution in [3.8, 4) is 22.8 Å². The van der Waals surface area contributed by atoms with E-state index in [2.05, 4.69) is 18.1 Å². The second-order valence-electron chi connectivity index (χ2n) is 4.32. The lowest BCUT2D eigenvalue weighted by Gasteiger charge is -2.12. The predicted octanol–water partition coefficient (Wildman–Crippen LogP) is 2.72. The number of benzene rings is 1. The third-order valence-electron chi connectivity index (χ3n) is 3.01. The normalized spacial score (nSPS) is 10.5. The molecule has 0 aliphatic carbocycles. The van der Waals surface area contributed by atoms with E-state index in [1.54, 1.807) is 14.2 Å². The number of nitrogens with zero attached hydrogens (tertiary/aromatic N) is 2. The number of rotatable bonds is 3. The van der Waals surface area contributed by atoms with Gasteiger partial charge >= 0.3 is 0 Å². The van der Waals surface area contributed by atoms with E-state index in [4.69, 9.17) is 9.47 Å². The number of aryl methyl sites for hydroxylation is 3. The van der Waals surface area contributed by atoms with E-state index < -0.39 is 0 Å². The monoisotopic (exact) mass is 246 g/mol. The molecule has 0 atom stereocenters. The fraction of sp³-hybridized carbons (Fsp3) is 0.357. The molecule has 2 rings (SSSR count). The van der Waals surface area contributed by atoms with Crippen molar-refractivity contribution in [2.45, 2.75) is 13.8 Å². The van der Waals surface area contributed by atoms with Gasteiger partial charge in [-0.1, -0.05) is 0 Å². The van der Waals surface area contributed by atoms with Crippen LogP contribution in [0.25, 0.3) is 11.3 Å². The molecular formula is C14H18N2O2. The van der Waals surface area contributed by atoms with Crippen LogP contribution in [-0.4, -0.2) is 24.0 Å². The number of hydrogen-bond donors (Lipinski definition) is 0. The molecule has 1 heterocycles. The highest BCUT2D eigenvalue weighted by atomic mass is 16.5. The highest BCUT2D eigenvalue weighted by molar-refractivity contribution is 5.68. The van der Waals surface area contributed by atoms with E-state index in [1.807, 2.05) is 30.8 Å². The lowest BCUT2D eigenvalue weighted by atomic mass is 10.0. The van der Waals surface area contributed by atoms with Crippen LogP contribution in [-0.2, 0) is 7.05 Å². The van der Waals surface area contributed by atoms with Gasteiger partial charge in [-0.05, 0) is 37.6 Å². The summed E-state index contributed by atoms with van der Waals surface area (Å²) in [6, 6.07) is 6.04. The third-order valence-corrected chi connectivity index (χ3v) is 3.01. The van der Waals surface area contributed by atoms with Gasteiger partial charge in [-0.25, -0.2) is 0 Å². The van der Waals surface area contributed by atoms with Crippen molar-refractivity contribution in [3.05, 3.63) is 29.5 Å². The first kappa shape index (κ1) is 12.5. The van der Waals surface area contributed by atoms with Gasteiger partial charge in [0.15, 0.2) is 11.5 Å². The first-order valence-electron chi connectivity index (χ1n) is 5.80. The Balaban J connectivity index is 2.61. The lowest BCUT2D eigenvalue weighted by molar-refractivity contribution is 0.355. The maximum absolute atomic E-state index is 5.35. The summed E-state index contributed by atoms with van der Waals surface area (Å²) < 4.78 is 12.5. The standard InChI is InChI=1S/C14H18N2O2/c1-9-6-13(17-4)14(18-5)8-11(9)12-7-10(2)15-16(12)3/h6-8H,1-5H3. The molecule has 0 aliphatic rings. The van der Waals surface area contributed by atoms with Gasteiger partial charge in [0.05, 0.1) is 25.6 Å².